The third-order valence-electron chi connectivity index (χ3n) is 2.18. The molecule has 0 aromatic heterocycles. The first-order chi connectivity index (χ1) is 6.43. The van der Waals surface area contributed by atoms with Crippen molar-refractivity contribution in [2.45, 2.75) is 26.8 Å². The molecule has 3 heteroatoms. The minimum atomic E-state index is -0.503. The lowest BCUT2D eigenvalue weighted by Gasteiger charge is -2.11. The second-order valence-electron chi connectivity index (χ2n) is 3.61. The molecule has 1 rings (SSSR count). The Labute approximate surface area is 83.6 Å². The summed E-state index contributed by atoms with van der Waals surface area (Å²) < 4.78 is 0. The molecule has 0 radical (unpaired) electrons. The summed E-state index contributed by atoms with van der Waals surface area (Å²) in [6.07, 6.45) is 0. The molecule has 3 nitrogen and oxygen atoms in total. The van der Waals surface area contributed by atoms with E-state index in [4.69, 9.17) is 5.73 Å². The van der Waals surface area contributed by atoms with Crippen LogP contribution < -0.4 is 5.73 Å². The summed E-state index contributed by atoms with van der Waals surface area (Å²) in [5.74, 6) is 0.0984. The Morgan fingerprint density at radius 2 is 1.79 bits per heavy atom. The minimum absolute atomic E-state index is 0.0833. The fourth-order valence-corrected chi connectivity index (χ4v) is 1.56. The highest BCUT2D eigenvalue weighted by Gasteiger charge is 2.16. The van der Waals surface area contributed by atoms with Gasteiger partial charge in [-0.05, 0) is 44.0 Å². The van der Waals surface area contributed by atoms with Crippen LogP contribution in [0.25, 0.3) is 0 Å². The number of ketones is 1. The molecule has 14 heavy (non-hydrogen) atoms. The summed E-state index contributed by atoms with van der Waals surface area (Å²) in [4.78, 5) is 11.7. The van der Waals surface area contributed by atoms with E-state index in [0.29, 0.717) is 5.56 Å². The van der Waals surface area contributed by atoms with E-state index in [-0.39, 0.29) is 11.5 Å². The van der Waals surface area contributed by atoms with Crippen molar-refractivity contribution in [1.82, 2.24) is 0 Å². The van der Waals surface area contributed by atoms with E-state index in [9.17, 15) is 9.90 Å². The first-order valence-corrected chi connectivity index (χ1v) is 4.53. The Bertz CT molecular complexity index is 347. The highest BCUT2D eigenvalue weighted by molar-refractivity contribution is 6.02. The third kappa shape index (κ3) is 1.93. The fraction of sp³-hybridized carbons (Fsp3) is 0.364. The summed E-state index contributed by atoms with van der Waals surface area (Å²) in [6.45, 7) is 5.25. The van der Waals surface area contributed by atoms with Crippen LogP contribution in [0.15, 0.2) is 12.1 Å². The minimum Gasteiger partial charge on any atom is -0.508 e. The van der Waals surface area contributed by atoms with Gasteiger partial charge in [0.15, 0.2) is 5.78 Å². The van der Waals surface area contributed by atoms with E-state index in [0.717, 1.165) is 11.1 Å². The predicted molar refractivity (Wildman–Crippen MR) is 55.6 cm³/mol. The van der Waals surface area contributed by atoms with Crippen LogP contribution in [0.1, 0.15) is 28.4 Å². The highest BCUT2D eigenvalue weighted by atomic mass is 16.3. The van der Waals surface area contributed by atoms with E-state index in [1.807, 2.05) is 0 Å². The normalized spacial score (nSPS) is 12.6. The van der Waals surface area contributed by atoms with E-state index < -0.39 is 6.04 Å². The molecule has 0 aliphatic carbocycles. The average Bonchev–Trinajstić information content (AvgIpc) is 2.01. The Balaban J connectivity index is 3.28. The zero-order chi connectivity index (χ0) is 10.9. The van der Waals surface area contributed by atoms with Crippen molar-refractivity contribution in [2.24, 2.45) is 5.73 Å². The molecule has 0 fully saturated rings. The highest BCUT2D eigenvalue weighted by Crippen LogP contribution is 2.21. The molecule has 1 atom stereocenters. The number of benzene rings is 1. The summed E-state index contributed by atoms with van der Waals surface area (Å²) in [7, 11) is 0. The number of phenols is 1. The van der Waals surface area contributed by atoms with Crippen molar-refractivity contribution in [2.75, 3.05) is 0 Å². The van der Waals surface area contributed by atoms with Crippen LogP contribution >= 0.6 is 0 Å². The number of carbonyl (C=O) groups excluding carboxylic acids is 1. The summed E-state index contributed by atoms with van der Waals surface area (Å²) in [5.41, 5.74) is 7.69. The van der Waals surface area contributed by atoms with Crippen molar-refractivity contribution in [3.05, 3.63) is 28.8 Å². The molecule has 0 amide bonds. The summed E-state index contributed by atoms with van der Waals surface area (Å²) >= 11 is 0. The smallest absolute Gasteiger partial charge is 0.179 e. The Hall–Kier alpha value is -1.35. The Morgan fingerprint density at radius 3 is 2.14 bits per heavy atom. The van der Waals surface area contributed by atoms with Crippen molar-refractivity contribution in [1.29, 1.82) is 0 Å². The molecule has 0 heterocycles. The third-order valence-corrected chi connectivity index (χ3v) is 2.18. The summed E-state index contributed by atoms with van der Waals surface area (Å²) in [5, 5.41) is 9.30. The number of aryl methyl sites for hydroxylation is 2. The van der Waals surface area contributed by atoms with Crippen molar-refractivity contribution < 1.29 is 9.90 Å². The number of nitrogens with two attached hydrogens (primary N) is 1. The van der Waals surface area contributed by atoms with E-state index >= 15 is 0 Å². The Morgan fingerprint density at radius 1 is 1.36 bits per heavy atom. The molecule has 76 valence electrons. The lowest BCUT2D eigenvalue weighted by Crippen LogP contribution is -2.27. The number of hydrogen-bond donors (Lipinski definition) is 2. The molecule has 1 unspecified atom stereocenters. The predicted octanol–water partition coefficient (Wildman–Crippen LogP) is 1.54. The van der Waals surface area contributed by atoms with Gasteiger partial charge in [0.2, 0.25) is 0 Å². The molecule has 1 aromatic rings. The van der Waals surface area contributed by atoms with Gasteiger partial charge in [-0.15, -0.1) is 0 Å². The second-order valence-corrected chi connectivity index (χ2v) is 3.61. The number of phenolic OH excluding ortho intramolecular Hbond substituents is 1. The number of carbonyl (C=O) groups is 1. The first kappa shape index (κ1) is 10.7. The molecule has 0 aliphatic rings. The molecule has 0 saturated heterocycles. The maximum Gasteiger partial charge on any atom is 0.179 e. The van der Waals surface area contributed by atoms with Gasteiger partial charge < -0.3 is 10.8 Å². The van der Waals surface area contributed by atoms with E-state index in [1.54, 1.807) is 32.9 Å². The van der Waals surface area contributed by atoms with Crippen molar-refractivity contribution in [3.8, 4) is 5.75 Å². The fourth-order valence-electron chi connectivity index (χ4n) is 1.56. The van der Waals surface area contributed by atoms with Gasteiger partial charge in [0.05, 0.1) is 6.04 Å². The van der Waals surface area contributed by atoms with Crippen LogP contribution in [0.4, 0.5) is 0 Å². The molecule has 0 bridgehead atoms. The van der Waals surface area contributed by atoms with Crippen LogP contribution in [-0.2, 0) is 0 Å². The van der Waals surface area contributed by atoms with Crippen LogP contribution in [0.5, 0.6) is 5.75 Å². The van der Waals surface area contributed by atoms with Crippen molar-refractivity contribution in [3.63, 3.8) is 0 Å². The lowest BCUT2D eigenvalue weighted by atomic mass is 9.96. The van der Waals surface area contributed by atoms with E-state index in [2.05, 4.69) is 0 Å². The standard InChI is InChI=1S/C11H15NO2/c1-6-4-9(13)5-7(2)10(6)11(14)8(3)12/h4-5,8,13H,12H2,1-3H3. The van der Waals surface area contributed by atoms with Gasteiger partial charge in [-0.25, -0.2) is 0 Å². The molecule has 0 spiro atoms. The second kappa shape index (κ2) is 3.80. The maximum atomic E-state index is 11.7. The molecule has 3 N–H and O–H groups in total. The monoisotopic (exact) mass is 193 g/mol. The molecule has 0 aliphatic heterocycles. The van der Waals surface area contributed by atoms with Gasteiger partial charge in [0, 0.05) is 5.56 Å². The molecular weight excluding hydrogens is 178 g/mol. The quantitative estimate of drug-likeness (QED) is 0.700. The lowest BCUT2D eigenvalue weighted by molar-refractivity contribution is 0.0967. The maximum absolute atomic E-state index is 11.7. The van der Waals surface area contributed by atoms with Gasteiger partial charge in [0.1, 0.15) is 5.75 Å². The van der Waals surface area contributed by atoms with Crippen LogP contribution in [0.3, 0.4) is 0 Å². The zero-order valence-corrected chi connectivity index (χ0v) is 8.66. The summed E-state index contributed by atoms with van der Waals surface area (Å²) in [6, 6.07) is 2.64. The number of rotatable bonds is 2. The molecule has 1 aromatic carbocycles. The molecular formula is C11H15NO2. The van der Waals surface area contributed by atoms with E-state index in [1.165, 1.54) is 0 Å². The van der Waals surface area contributed by atoms with Gasteiger partial charge >= 0.3 is 0 Å². The number of Topliss-reactive ketones (excluding diaryl/α,β-unsaturated/α-hetero) is 1. The van der Waals surface area contributed by atoms with Crippen LogP contribution in [0.2, 0.25) is 0 Å². The average molecular weight is 193 g/mol. The largest absolute Gasteiger partial charge is 0.508 e. The van der Waals surface area contributed by atoms with Crippen LogP contribution in [-0.4, -0.2) is 16.9 Å². The molecule has 0 saturated carbocycles. The van der Waals surface area contributed by atoms with Crippen LogP contribution in [0, 0.1) is 13.8 Å². The topological polar surface area (TPSA) is 63.3 Å². The first-order valence-electron chi connectivity index (χ1n) is 4.53. The van der Waals surface area contributed by atoms with Crippen molar-refractivity contribution >= 4 is 5.78 Å². The number of aromatic hydroxyl groups is 1. The van der Waals surface area contributed by atoms with Gasteiger partial charge in [-0.1, -0.05) is 0 Å². The van der Waals surface area contributed by atoms with Gasteiger partial charge in [-0.3, -0.25) is 4.79 Å². The van der Waals surface area contributed by atoms with Gasteiger partial charge in [-0.2, -0.15) is 0 Å². The SMILES string of the molecule is Cc1cc(O)cc(C)c1C(=O)C(C)N. The van der Waals surface area contributed by atoms with Gasteiger partial charge in [0.25, 0.3) is 0 Å². The Kier molecular flexibility index (Phi) is 2.91. The number of hydrogen-bond acceptors (Lipinski definition) is 3. The zero-order valence-electron chi connectivity index (χ0n) is 8.66.